The molecule has 0 unspecified atom stereocenters. The summed E-state index contributed by atoms with van der Waals surface area (Å²) in [6.07, 6.45) is 3.26. The highest BCUT2D eigenvalue weighted by molar-refractivity contribution is 5.76. The molecule has 0 bridgehead atoms. The summed E-state index contributed by atoms with van der Waals surface area (Å²) in [4.78, 5) is 17.7. The third-order valence-electron chi connectivity index (χ3n) is 1.54. The Morgan fingerprint density at radius 3 is 3.09 bits per heavy atom. The normalized spacial score (nSPS) is 10.2. The van der Waals surface area contributed by atoms with Gasteiger partial charge in [-0.3, -0.25) is 9.78 Å². The topological polar surface area (TPSA) is 45.8 Å². The second-order valence-corrected chi connectivity index (χ2v) is 2.24. The number of aromatic amines is 1. The standard InChI is InChI=1S/C8H6N2O/c11-8-6-2-1-4-9-7(6)3-5-10-8/h1-5H,(H,10,11). The molecule has 3 nitrogen and oxygen atoms in total. The van der Waals surface area contributed by atoms with Gasteiger partial charge in [-0.25, -0.2) is 0 Å². The van der Waals surface area contributed by atoms with Crippen LogP contribution < -0.4 is 5.56 Å². The zero-order chi connectivity index (χ0) is 7.68. The van der Waals surface area contributed by atoms with Crippen molar-refractivity contribution >= 4 is 10.9 Å². The fourth-order valence-electron chi connectivity index (χ4n) is 1.02. The quantitative estimate of drug-likeness (QED) is 0.600. The van der Waals surface area contributed by atoms with E-state index in [1.54, 1.807) is 30.6 Å². The number of hydrogen-bond acceptors (Lipinski definition) is 2. The van der Waals surface area contributed by atoms with Crippen LogP contribution in [0.25, 0.3) is 10.9 Å². The fourth-order valence-corrected chi connectivity index (χ4v) is 1.02. The molecule has 0 radical (unpaired) electrons. The predicted molar refractivity (Wildman–Crippen MR) is 42.4 cm³/mol. The van der Waals surface area contributed by atoms with Crippen LogP contribution >= 0.6 is 0 Å². The monoisotopic (exact) mass is 146 g/mol. The van der Waals surface area contributed by atoms with E-state index < -0.39 is 0 Å². The molecule has 2 heterocycles. The first kappa shape index (κ1) is 6.09. The van der Waals surface area contributed by atoms with Gasteiger partial charge in [0.15, 0.2) is 0 Å². The zero-order valence-electron chi connectivity index (χ0n) is 5.74. The second kappa shape index (κ2) is 2.20. The smallest absolute Gasteiger partial charge is 0.257 e. The van der Waals surface area contributed by atoms with Crippen LogP contribution in [0.5, 0.6) is 0 Å². The Bertz CT molecular complexity index is 428. The van der Waals surface area contributed by atoms with Gasteiger partial charge in [-0.15, -0.1) is 0 Å². The van der Waals surface area contributed by atoms with Crippen molar-refractivity contribution in [2.45, 2.75) is 0 Å². The molecule has 0 saturated heterocycles. The number of nitrogens with zero attached hydrogens (tertiary/aromatic N) is 1. The highest BCUT2D eigenvalue weighted by atomic mass is 16.1. The third-order valence-corrected chi connectivity index (χ3v) is 1.54. The van der Waals surface area contributed by atoms with Crippen molar-refractivity contribution in [3.63, 3.8) is 0 Å². The minimum absolute atomic E-state index is 0.0874. The van der Waals surface area contributed by atoms with Crippen molar-refractivity contribution in [3.8, 4) is 0 Å². The van der Waals surface area contributed by atoms with Crippen molar-refractivity contribution in [3.05, 3.63) is 40.9 Å². The molecular weight excluding hydrogens is 140 g/mol. The molecule has 54 valence electrons. The summed E-state index contributed by atoms with van der Waals surface area (Å²) in [6, 6.07) is 5.27. The van der Waals surface area contributed by atoms with Crippen LogP contribution in [-0.4, -0.2) is 9.97 Å². The largest absolute Gasteiger partial charge is 0.328 e. The van der Waals surface area contributed by atoms with Crippen LogP contribution in [0, 0.1) is 0 Å². The second-order valence-electron chi connectivity index (χ2n) is 2.24. The van der Waals surface area contributed by atoms with Crippen LogP contribution in [0.2, 0.25) is 0 Å². The molecule has 1 N–H and O–H groups in total. The molecule has 0 spiro atoms. The average Bonchev–Trinajstić information content (AvgIpc) is 2.06. The molecule has 2 aromatic heterocycles. The number of hydrogen-bond donors (Lipinski definition) is 1. The number of fused-ring (bicyclic) bond motifs is 1. The van der Waals surface area contributed by atoms with E-state index >= 15 is 0 Å². The van der Waals surface area contributed by atoms with Gasteiger partial charge in [0.2, 0.25) is 0 Å². The Hall–Kier alpha value is -1.64. The van der Waals surface area contributed by atoms with Gasteiger partial charge in [0.1, 0.15) is 0 Å². The maximum atomic E-state index is 11.1. The van der Waals surface area contributed by atoms with E-state index in [1.807, 2.05) is 0 Å². The summed E-state index contributed by atoms with van der Waals surface area (Å²) >= 11 is 0. The minimum atomic E-state index is -0.0874. The summed E-state index contributed by atoms with van der Waals surface area (Å²) in [5.74, 6) is 0. The van der Waals surface area contributed by atoms with Gasteiger partial charge in [0.25, 0.3) is 5.56 Å². The van der Waals surface area contributed by atoms with Crippen LogP contribution in [0.4, 0.5) is 0 Å². The first-order chi connectivity index (χ1) is 5.38. The number of aromatic nitrogens is 2. The highest BCUT2D eigenvalue weighted by Gasteiger charge is 1.94. The van der Waals surface area contributed by atoms with Crippen molar-refractivity contribution in [2.75, 3.05) is 0 Å². The lowest BCUT2D eigenvalue weighted by Gasteiger charge is -1.91. The maximum Gasteiger partial charge on any atom is 0.257 e. The van der Waals surface area contributed by atoms with Crippen LogP contribution in [0.1, 0.15) is 0 Å². The first-order valence-electron chi connectivity index (χ1n) is 3.30. The first-order valence-corrected chi connectivity index (χ1v) is 3.30. The Morgan fingerprint density at radius 1 is 1.36 bits per heavy atom. The van der Waals surface area contributed by atoms with E-state index in [4.69, 9.17) is 0 Å². The summed E-state index contributed by atoms with van der Waals surface area (Å²) < 4.78 is 0. The van der Waals surface area contributed by atoms with Gasteiger partial charge in [-0.1, -0.05) is 0 Å². The van der Waals surface area contributed by atoms with E-state index in [9.17, 15) is 4.79 Å². The number of rotatable bonds is 0. The van der Waals surface area contributed by atoms with Crippen molar-refractivity contribution in [1.82, 2.24) is 9.97 Å². The van der Waals surface area contributed by atoms with E-state index in [0.717, 1.165) is 5.52 Å². The van der Waals surface area contributed by atoms with Crippen molar-refractivity contribution in [1.29, 1.82) is 0 Å². The van der Waals surface area contributed by atoms with Crippen molar-refractivity contribution in [2.24, 2.45) is 0 Å². The van der Waals surface area contributed by atoms with Crippen LogP contribution in [-0.2, 0) is 0 Å². The van der Waals surface area contributed by atoms with Gasteiger partial charge in [-0.05, 0) is 18.2 Å². The van der Waals surface area contributed by atoms with Gasteiger partial charge in [0.05, 0.1) is 10.9 Å². The minimum Gasteiger partial charge on any atom is -0.328 e. The average molecular weight is 146 g/mol. The molecule has 2 rings (SSSR count). The van der Waals surface area contributed by atoms with Gasteiger partial charge in [0, 0.05) is 12.4 Å². The summed E-state index contributed by atoms with van der Waals surface area (Å²) in [6.45, 7) is 0. The Balaban J connectivity index is 3.03. The van der Waals surface area contributed by atoms with Crippen LogP contribution in [0.3, 0.4) is 0 Å². The third kappa shape index (κ3) is 0.902. The summed E-state index contributed by atoms with van der Waals surface area (Å²) in [5.41, 5.74) is 0.645. The molecule has 0 fully saturated rings. The van der Waals surface area contributed by atoms with E-state index in [0.29, 0.717) is 5.39 Å². The zero-order valence-corrected chi connectivity index (χ0v) is 5.74. The number of nitrogens with one attached hydrogen (secondary N) is 1. The van der Waals surface area contributed by atoms with Gasteiger partial charge >= 0.3 is 0 Å². The molecule has 3 heteroatoms. The summed E-state index contributed by atoms with van der Waals surface area (Å²) in [5, 5.41) is 0.634. The van der Waals surface area contributed by atoms with E-state index in [2.05, 4.69) is 9.97 Å². The predicted octanol–water partition coefficient (Wildman–Crippen LogP) is 0.923. The Labute approximate surface area is 62.7 Å². The van der Waals surface area contributed by atoms with Crippen molar-refractivity contribution < 1.29 is 0 Å². The lowest BCUT2D eigenvalue weighted by atomic mass is 10.3. The molecule has 0 aliphatic rings. The molecule has 11 heavy (non-hydrogen) atoms. The van der Waals surface area contributed by atoms with Gasteiger partial charge in [-0.2, -0.15) is 0 Å². The lowest BCUT2D eigenvalue weighted by molar-refractivity contribution is 1.26. The number of pyridine rings is 2. The molecule has 0 aliphatic heterocycles. The molecule has 0 atom stereocenters. The Kier molecular flexibility index (Phi) is 1.22. The highest BCUT2D eigenvalue weighted by Crippen LogP contribution is 2.01. The molecule has 0 amide bonds. The molecule has 2 aromatic rings. The molecule has 0 aromatic carbocycles. The summed E-state index contributed by atoms with van der Waals surface area (Å²) in [7, 11) is 0. The molecular formula is C8H6N2O. The lowest BCUT2D eigenvalue weighted by Crippen LogP contribution is -2.04. The van der Waals surface area contributed by atoms with E-state index in [1.165, 1.54) is 0 Å². The van der Waals surface area contributed by atoms with E-state index in [-0.39, 0.29) is 5.56 Å². The molecule has 0 aliphatic carbocycles. The number of H-pyrrole nitrogens is 1. The molecule has 0 saturated carbocycles. The fraction of sp³-hybridized carbons (Fsp3) is 0. The SMILES string of the molecule is O=c1[nH]ccc2ncccc12. The maximum absolute atomic E-state index is 11.1. The van der Waals surface area contributed by atoms with Gasteiger partial charge < -0.3 is 4.98 Å². The Morgan fingerprint density at radius 2 is 2.27 bits per heavy atom. The van der Waals surface area contributed by atoms with Crippen LogP contribution in [0.15, 0.2) is 35.4 Å².